The lowest BCUT2D eigenvalue weighted by Gasteiger charge is -2.14. The Kier molecular flexibility index (Phi) is 5.14. The average molecular weight is 266 g/mol. The molecule has 0 unspecified atom stereocenters. The molecule has 0 aliphatic heterocycles. The van der Waals surface area contributed by atoms with E-state index in [1.165, 1.54) is 0 Å². The summed E-state index contributed by atoms with van der Waals surface area (Å²) in [6.45, 7) is 3.99. The van der Waals surface area contributed by atoms with Crippen molar-refractivity contribution in [1.82, 2.24) is 0 Å². The molecule has 0 spiro atoms. The molecule has 1 aromatic rings. The van der Waals surface area contributed by atoms with Crippen LogP contribution in [0.15, 0.2) is 18.2 Å². The number of nitrogens with one attached hydrogen (secondary N) is 1. The fraction of sp³-hybridized carbons (Fsp3) is 0.385. The molecule has 1 amide bonds. The first-order valence-electron chi connectivity index (χ1n) is 5.70. The number of nitriles is 1. The van der Waals surface area contributed by atoms with Gasteiger partial charge < -0.3 is 11.1 Å². The number of carbonyl (C=O) groups is 1. The fourth-order valence-corrected chi connectivity index (χ4v) is 1.73. The number of nitrogens with zero attached hydrogens (tertiary/aromatic N) is 1. The topological polar surface area (TPSA) is 78.9 Å². The molecule has 0 saturated carbocycles. The van der Waals surface area contributed by atoms with E-state index in [0.29, 0.717) is 28.6 Å². The average Bonchev–Trinajstić information content (AvgIpc) is 2.28. The highest BCUT2D eigenvalue weighted by atomic mass is 35.5. The maximum absolute atomic E-state index is 11.8. The Balaban J connectivity index is 2.82. The number of nitrogens with two attached hydrogens (primary N) is 1. The highest BCUT2D eigenvalue weighted by Crippen LogP contribution is 2.20. The van der Waals surface area contributed by atoms with Gasteiger partial charge in [-0.3, -0.25) is 4.79 Å². The third kappa shape index (κ3) is 4.02. The second-order valence-corrected chi connectivity index (χ2v) is 4.96. The van der Waals surface area contributed by atoms with Crippen LogP contribution < -0.4 is 11.1 Å². The highest BCUT2D eigenvalue weighted by molar-refractivity contribution is 6.31. The van der Waals surface area contributed by atoms with E-state index < -0.39 is 6.04 Å². The Morgan fingerprint density at radius 2 is 2.22 bits per heavy atom. The second kappa shape index (κ2) is 6.39. The summed E-state index contributed by atoms with van der Waals surface area (Å²) >= 11 is 5.83. The molecule has 0 saturated heterocycles. The molecule has 0 fully saturated rings. The minimum Gasteiger partial charge on any atom is -0.323 e. The molecular weight excluding hydrogens is 250 g/mol. The Morgan fingerprint density at radius 1 is 1.56 bits per heavy atom. The molecule has 0 radical (unpaired) electrons. The molecule has 5 heteroatoms. The maximum Gasteiger partial charge on any atom is 0.241 e. The Hall–Kier alpha value is -1.57. The van der Waals surface area contributed by atoms with Gasteiger partial charge in [0.25, 0.3) is 0 Å². The van der Waals surface area contributed by atoms with Crippen LogP contribution in [0.2, 0.25) is 5.02 Å². The van der Waals surface area contributed by atoms with Gasteiger partial charge in [0.2, 0.25) is 5.91 Å². The molecule has 1 rings (SSSR count). The zero-order valence-electron chi connectivity index (χ0n) is 10.4. The molecule has 0 bridgehead atoms. The van der Waals surface area contributed by atoms with Crippen molar-refractivity contribution >= 4 is 23.2 Å². The number of amides is 1. The number of rotatable bonds is 4. The predicted octanol–water partition coefficient (Wildman–Crippen LogP) is 2.52. The number of hydrogen-bond donors (Lipinski definition) is 2. The van der Waals surface area contributed by atoms with Gasteiger partial charge in [-0.2, -0.15) is 5.26 Å². The normalized spacial score (nSPS) is 12.0. The molecule has 4 nitrogen and oxygen atoms in total. The summed E-state index contributed by atoms with van der Waals surface area (Å²) in [6.07, 6.45) is 0.592. The SMILES string of the molecule is CC(C)C[C@H](N)C(=O)Nc1cc(Cl)ccc1C#N. The first kappa shape index (κ1) is 14.5. The van der Waals surface area contributed by atoms with Gasteiger partial charge >= 0.3 is 0 Å². The molecule has 3 N–H and O–H groups in total. The number of hydrogen-bond acceptors (Lipinski definition) is 3. The third-order valence-electron chi connectivity index (χ3n) is 2.42. The molecule has 0 aliphatic rings. The zero-order valence-corrected chi connectivity index (χ0v) is 11.2. The summed E-state index contributed by atoms with van der Waals surface area (Å²) in [4.78, 5) is 11.8. The van der Waals surface area contributed by atoms with Crippen LogP contribution >= 0.6 is 11.6 Å². The van der Waals surface area contributed by atoms with E-state index in [2.05, 4.69) is 5.32 Å². The van der Waals surface area contributed by atoms with E-state index >= 15 is 0 Å². The number of anilines is 1. The number of benzene rings is 1. The molecule has 96 valence electrons. The Labute approximate surface area is 112 Å². The van der Waals surface area contributed by atoms with Crippen molar-refractivity contribution in [3.63, 3.8) is 0 Å². The number of carbonyl (C=O) groups excluding carboxylic acids is 1. The smallest absolute Gasteiger partial charge is 0.241 e. The van der Waals surface area contributed by atoms with Gasteiger partial charge in [0, 0.05) is 5.02 Å². The van der Waals surface area contributed by atoms with Crippen molar-refractivity contribution in [3.8, 4) is 6.07 Å². The molecule has 0 aromatic heterocycles. The molecular formula is C13H16ClN3O. The summed E-state index contributed by atoms with van der Waals surface area (Å²) < 4.78 is 0. The molecule has 0 heterocycles. The Morgan fingerprint density at radius 3 is 2.78 bits per heavy atom. The summed E-state index contributed by atoms with van der Waals surface area (Å²) in [6, 6.07) is 6.11. The summed E-state index contributed by atoms with van der Waals surface area (Å²) in [5.41, 5.74) is 6.53. The van der Waals surface area contributed by atoms with E-state index in [4.69, 9.17) is 22.6 Å². The molecule has 1 atom stereocenters. The van der Waals surface area contributed by atoms with Crippen LogP contribution in [0.4, 0.5) is 5.69 Å². The van der Waals surface area contributed by atoms with Gasteiger partial charge in [0.05, 0.1) is 17.3 Å². The summed E-state index contributed by atoms with van der Waals surface area (Å²) in [5, 5.41) is 12.0. The maximum atomic E-state index is 11.8. The lowest BCUT2D eigenvalue weighted by molar-refractivity contribution is -0.117. The van der Waals surface area contributed by atoms with Crippen molar-refractivity contribution in [1.29, 1.82) is 5.26 Å². The lowest BCUT2D eigenvalue weighted by atomic mass is 10.0. The van der Waals surface area contributed by atoms with Gasteiger partial charge in [-0.05, 0) is 30.5 Å². The van der Waals surface area contributed by atoms with Gasteiger partial charge in [-0.15, -0.1) is 0 Å². The quantitative estimate of drug-likeness (QED) is 0.878. The van der Waals surface area contributed by atoms with Gasteiger partial charge in [0.1, 0.15) is 6.07 Å². The lowest BCUT2D eigenvalue weighted by Crippen LogP contribution is -2.36. The largest absolute Gasteiger partial charge is 0.323 e. The van der Waals surface area contributed by atoms with E-state index in [1.54, 1.807) is 18.2 Å². The molecule has 1 aromatic carbocycles. The Bertz CT molecular complexity index is 480. The van der Waals surface area contributed by atoms with E-state index in [9.17, 15) is 4.79 Å². The van der Waals surface area contributed by atoms with Gasteiger partial charge in [0.15, 0.2) is 0 Å². The standard InChI is InChI=1S/C13H16ClN3O/c1-8(2)5-11(16)13(18)17-12-6-10(14)4-3-9(12)7-15/h3-4,6,8,11H,5,16H2,1-2H3,(H,17,18)/t11-/m0/s1. The minimum atomic E-state index is -0.587. The van der Waals surface area contributed by atoms with E-state index in [-0.39, 0.29) is 5.91 Å². The van der Waals surface area contributed by atoms with Crippen molar-refractivity contribution < 1.29 is 4.79 Å². The van der Waals surface area contributed by atoms with E-state index in [1.807, 2.05) is 19.9 Å². The van der Waals surface area contributed by atoms with Crippen LogP contribution in [0, 0.1) is 17.2 Å². The van der Waals surface area contributed by atoms with Crippen molar-refractivity contribution in [2.45, 2.75) is 26.3 Å². The van der Waals surface area contributed by atoms with Crippen molar-refractivity contribution in [2.75, 3.05) is 5.32 Å². The van der Waals surface area contributed by atoms with Crippen LogP contribution in [-0.2, 0) is 4.79 Å². The van der Waals surface area contributed by atoms with Crippen LogP contribution in [-0.4, -0.2) is 11.9 Å². The van der Waals surface area contributed by atoms with Gasteiger partial charge in [-0.25, -0.2) is 0 Å². The van der Waals surface area contributed by atoms with Crippen LogP contribution in [0.25, 0.3) is 0 Å². The van der Waals surface area contributed by atoms with E-state index in [0.717, 1.165) is 0 Å². The van der Waals surface area contributed by atoms with Crippen molar-refractivity contribution in [2.24, 2.45) is 11.7 Å². The van der Waals surface area contributed by atoms with Crippen LogP contribution in [0.5, 0.6) is 0 Å². The fourth-order valence-electron chi connectivity index (χ4n) is 1.56. The van der Waals surface area contributed by atoms with Gasteiger partial charge in [-0.1, -0.05) is 25.4 Å². The highest BCUT2D eigenvalue weighted by Gasteiger charge is 2.16. The molecule has 18 heavy (non-hydrogen) atoms. The number of halogens is 1. The first-order valence-corrected chi connectivity index (χ1v) is 6.08. The second-order valence-electron chi connectivity index (χ2n) is 4.53. The summed E-state index contributed by atoms with van der Waals surface area (Å²) in [5.74, 6) is 0.0306. The van der Waals surface area contributed by atoms with Crippen LogP contribution in [0.1, 0.15) is 25.8 Å². The van der Waals surface area contributed by atoms with Crippen LogP contribution in [0.3, 0.4) is 0 Å². The van der Waals surface area contributed by atoms with Crippen molar-refractivity contribution in [3.05, 3.63) is 28.8 Å². The third-order valence-corrected chi connectivity index (χ3v) is 2.66. The summed E-state index contributed by atoms with van der Waals surface area (Å²) in [7, 11) is 0. The minimum absolute atomic E-state index is 0.303. The monoisotopic (exact) mass is 265 g/mol. The first-order chi connectivity index (χ1) is 8.43. The molecule has 0 aliphatic carbocycles. The zero-order chi connectivity index (χ0) is 13.7. The predicted molar refractivity (Wildman–Crippen MR) is 72.2 cm³/mol.